The van der Waals surface area contributed by atoms with Crippen LogP contribution in [0.5, 0.6) is 0 Å². The van der Waals surface area contributed by atoms with Crippen LogP contribution in [0.4, 0.5) is 5.95 Å². The van der Waals surface area contributed by atoms with E-state index in [4.69, 9.17) is 11.6 Å². The number of H-pyrrole nitrogens is 1. The van der Waals surface area contributed by atoms with Crippen molar-refractivity contribution in [2.75, 3.05) is 18.9 Å². The Morgan fingerprint density at radius 2 is 2.03 bits per heavy atom. The van der Waals surface area contributed by atoms with Gasteiger partial charge in [0.25, 0.3) is 0 Å². The summed E-state index contributed by atoms with van der Waals surface area (Å²) in [5.74, 6) is 0.204. The van der Waals surface area contributed by atoms with Gasteiger partial charge in [-0.2, -0.15) is 4.31 Å². The van der Waals surface area contributed by atoms with Crippen molar-refractivity contribution >= 4 is 33.5 Å². The Bertz CT molecular complexity index is 1180. The number of hydrogen-bond acceptors (Lipinski definition) is 8. The first-order valence-corrected chi connectivity index (χ1v) is 12.0. The maximum Gasteiger partial charge on any atom is 0.246 e. The number of aliphatic hydroxyl groups is 1. The van der Waals surface area contributed by atoms with E-state index in [-0.39, 0.29) is 22.6 Å². The van der Waals surface area contributed by atoms with Gasteiger partial charge in [-0.3, -0.25) is 10.1 Å². The Morgan fingerprint density at radius 3 is 2.64 bits per heavy atom. The van der Waals surface area contributed by atoms with Crippen LogP contribution in [0.3, 0.4) is 0 Å². The number of sulfonamides is 1. The molecule has 0 atom stereocenters. The number of carbonyl (C=O) groups excluding carboxylic acids is 1. The molecule has 3 N–H and O–H groups in total. The molecule has 3 aromatic rings. The maximum atomic E-state index is 12.8. The molecule has 0 aliphatic heterocycles. The number of anilines is 1. The molecular formula is C19H25ClN8O4S. The summed E-state index contributed by atoms with van der Waals surface area (Å²) in [6.45, 7) is 1.80. The third-order valence-corrected chi connectivity index (χ3v) is 7.07. The number of aromatic amines is 1. The fourth-order valence-electron chi connectivity index (χ4n) is 3.17. The van der Waals surface area contributed by atoms with E-state index < -0.39 is 22.5 Å². The number of tetrazole rings is 1. The molecule has 14 heteroatoms. The van der Waals surface area contributed by atoms with E-state index >= 15 is 0 Å². The summed E-state index contributed by atoms with van der Waals surface area (Å²) in [4.78, 5) is 16.5. The van der Waals surface area contributed by atoms with Crippen molar-refractivity contribution in [3.8, 4) is 0 Å². The number of carbonyl (C=O) groups is 1. The monoisotopic (exact) mass is 496 g/mol. The SMILES string of the molecule is CCCCc1nc(Cl)c(CO)n1Cc1ccc(S(=O)(=O)N(C)CC(=O)Nc2nnn[nH]2)cc1. The number of aromatic nitrogens is 6. The number of likely N-dealkylation sites (N-methyl/N-ethyl adjacent to an activating group) is 1. The molecule has 0 radical (unpaired) electrons. The second-order valence-electron chi connectivity index (χ2n) is 7.32. The van der Waals surface area contributed by atoms with Gasteiger partial charge in [0.1, 0.15) is 5.82 Å². The van der Waals surface area contributed by atoms with Gasteiger partial charge in [0.15, 0.2) is 5.15 Å². The predicted octanol–water partition coefficient (Wildman–Crippen LogP) is 1.19. The molecule has 0 unspecified atom stereocenters. The summed E-state index contributed by atoms with van der Waals surface area (Å²) in [5, 5.41) is 24.9. The number of unbranched alkanes of at least 4 members (excludes halogenated alkanes) is 1. The van der Waals surface area contributed by atoms with Gasteiger partial charge in [0.05, 0.1) is 23.7 Å². The molecule has 0 aliphatic rings. The van der Waals surface area contributed by atoms with Gasteiger partial charge >= 0.3 is 0 Å². The molecule has 1 aromatic carbocycles. The molecule has 0 saturated heterocycles. The number of hydrogen-bond donors (Lipinski definition) is 3. The Labute approximate surface area is 196 Å². The molecule has 2 aromatic heterocycles. The van der Waals surface area contributed by atoms with Gasteiger partial charge in [0, 0.05) is 20.0 Å². The third-order valence-electron chi connectivity index (χ3n) is 4.95. The highest BCUT2D eigenvalue weighted by Crippen LogP contribution is 2.22. The zero-order chi connectivity index (χ0) is 24.0. The molecule has 33 heavy (non-hydrogen) atoms. The molecule has 0 aliphatic carbocycles. The van der Waals surface area contributed by atoms with Gasteiger partial charge in [-0.1, -0.05) is 42.2 Å². The van der Waals surface area contributed by atoms with Crippen LogP contribution in [-0.2, 0) is 34.4 Å². The molecule has 178 valence electrons. The summed E-state index contributed by atoms with van der Waals surface area (Å²) in [6.07, 6.45) is 2.65. The average molecular weight is 497 g/mol. The quantitative estimate of drug-likeness (QED) is 0.357. The van der Waals surface area contributed by atoms with Crippen molar-refractivity contribution in [3.05, 3.63) is 46.5 Å². The number of aryl methyl sites for hydroxylation is 1. The van der Waals surface area contributed by atoms with E-state index in [1.165, 1.54) is 19.2 Å². The fourth-order valence-corrected chi connectivity index (χ4v) is 4.56. The molecule has 0 saturated carbocycles. The number of benzene rings is 1. The summed E-state index contributed by atoms with van der Waals surface area (Å²) in [6, 6.07) is 6.31. The van der Waals surface area contributed by atoms with E-state index in [2.05, 4.69) is 37.8 Å². The van der Waals surface area contributed by atoms with Crippen LogP contribution < -0.4 is 5.32 Å². The Hall–Kier alpha value is -2.87. The van der Waals surface area contributed by atoms with E-state index in [0.717, 1.165) is 35.0 Å². The number of imidazole rings is 1. The zero-order valence-corrected chi connectivity index (χ0v) is 19.8. The molecule has 12 nitrogen and oxygen atoms in total. The fraction of sp³-hybridized carbons (Fsp3) is 0.421. The Morgan fingerprint density at radius 1 is 1.30 bits per heavy atom. The lowest BCUT2D eigenvalue weighted by atomic mass is 10.2. The number of nitrogens with zero attached hydrogens (tertiary/aromatic N) is 6. The van der Waals surface area contributed by atoms with Crippen molar-refractivity contribution in [2.45, 2.75) is 44.2 Å². The van der Waals surface area contributed by atoms with Crippen LogP contribution in [0.25, 0.3) is 0 Å². The minimum atomic E-state index is -3.90. The predicted molar refractivity (Wildman–Crippen MR) is 120 cm³/mol. The standard InChI is InChI=1S/C19H25ClN8O4S/c1-3-4-5-16-21-18(20)15(12-29)28(16)10-13-6-8-14(9-7-13)33(31,32)27(2)11-17(30)22-19-23-25-26-24-19/h6-9,29H,3-5,10-12H2,1-2H3,(H2,22,23,24,25,26,30). The summed E-state index contributed by atoms with van der Waals surface area (Å²) in [5.41, 5.74) is 1.33. The van der Waals surface area contributed by atoms with Crippen molar-refractivity contribution in [1.82, 2.24) is 34.5 Å². The average Bonchev–Trinajstić information content (AvgIpc) is 3.39. The van der Waals surface area contributed by atoms with Gasteiger partial charge in [0.2, 0.25) is 21.9 Å². The Kier molecular flexibility index (Phi) is 8.13. The van der Waals surface area contributed by atoms with Gasteiger partial charge in [-0.05, 0) is 34.5 Å². The zero-order valence-electron chi connectivity index (χ0n) is 18.2. The topological polar surface area (TPSA) is 159 Å². The lowest BCUT2D eigenvalue weighted by Crippen LogP contribution is -2.35. The number of nitrogens with one attached hydrogen (secondary N) is 2. The van der Waals surface area contributed by atoms with E-state index in [9.17, 15) is 18.3 Å². The van der Waals surface area contributed by atoms with E-state index in [1.54, 1.807) is 12.1 Å². The van der Waals surface area contributed by atoms with Crippen molar-refractivity contribution in [3.63, 3.8) is 0 Å². The van der Waals surface area contributed by atoms with Crippen LogP contribution in [0.2, 0.25) is 5.15 Å². The minimum Gasteiger partial charge on any atom is -0.390 e. The van der Waals surface area contributed by atoms with Crippen LogP contribution in [0, 0.1) is 0 Å². The molecule has 0 bridgehead atoms. The first-order valence-electron chi connectivity index (χ1n) is 10.2. The lowest BCUT2D eigenvalue weighted by molar-refractivity contribution is -0.116. The molecule has 1 amide bonds. The molecule has 0 spiro atoms. The van der Waals surface area contributed by atoms with E-state index in [0.29, 0.717) is 12.2 Å². The maximum absolute atomic E-state index is 12.8. The van der Waals surface area contributed by atoms with Gasteiger partial charge < -0.3 is 9.67 Å². The smallest absolute Gasteiger partial charge is 0.246 e. The summed E-state index contributed by atoms with van der Waals surface area (Å²) >= 11 is 6.18. The second-order valence-corrected chi connectivity index (χ2v) is 9.72. The molecular weight excluding hydrogens is 472 g/mol. The normalized spacial score (nSPS) is 11.8. The largest absolute Gasteiger partial charge is 0.390 e. The van der Waals surface area contributed by atoms with Crippen LogP contribution in [0.1, 0.15) is 36.8 Å². The van der Waals surface area contributed by atoms with Gasteiger partial charge in [-0.15, -0.1) is 0 Å². The number of halogens is 1. The number of amides is 1. The molecule has 3 rings (SSSR count). The summed E-state index contributed by atoms with van der Waals surface area (Å²) < 4.78 is 28.5. The second kappa shape index (κ2) is 10.8. The number of rotatable bonds is 11. The lowest BCUT2D eigenvalue weighted by Gasteiger charge is -2.17. The highest BCUT2D eigenvalue weighted by atomic mass is 35.5. The Balaban J connectivity index is 1.72. The van der Waals surface area contributed by atoms with E-state index in [1.807, 2.05) is 4.57 Å². The van der Waals surface area contributed by atoms with Gasteiger partial charge in [-0.25, -0.2) is 18.5 Å². The van der Waals surface area contributed by atoms with Crippen LogP contribution in [0.15, 0.2) is 29.2 Å². The minimum absolute atomic E-state index is 0.0234. The highest BCUT2D eigenvalue weighted by molar-refractivity contribution is 7.89. The van der Waals surface area contributed by atoms with Crippen molar-refractivity contribution in [2.24, 2.45) is 0 Å². The van der Waals surface area contributed by atoms with Crippen molar-refractivity contribution in [1.29, 1.82) is 0 Å². The first kappa shape index (κ1) is 24.8. The van der Waals surface area contributed by atoms with Crippen molar-refractivity contribution < 1.29 is 18.3 Å². The first-order chi connectivity index (χ1) is 15.8. The molecule has 2 heterocycles. The molecule has 0 fully saturated rings. The highest BCUT2D eigenvalue weighted by Gasteiger charge is 2.23. The number of aliphatic hydroxyl groups excluding tert-OH is 1. The van der Waals surface area contributed by atoms with Crippen LogP contribution in [-0.4, -0.2) is 67.5 Å². The summed E-state index contributed by atoms with van der Waals surface area (Å²) in [7, 11) is -2.59. The van der Waals surface area contributed by atoms with Crippen LogP contribution >= 0.6 is 11.6 Å². The third kappa shape index (κ3) is 5.93.